The van der Waals surface area contributed by atoms with Gasteiger partial charge in [-0.15, -0.1) is 0 Å². The molecular formula is C22H23FN8O2. The van der Waals surface area contributed by atoms with E-state index < -0.39 is 5.82 Å². The number of aromatic nitrogens is 3. The molecule has 0 aliphatic carbocycles. The maximum Gasteiger partial charge on any atom is 0.272 e. The zero-order chi connectivity index (χ0) is 23.2. The van der Waals surface area contributed by atoms with Crippen molar-refractivity contribution in [3.8, 4) is 11.5 Å². The molecule has 3 heterocycles. The van der Waals surface area contributed by atoms with Crippen LogP contribution < -0.4 is 26.4 Å². The molecule has 1 saturated heterocycles. The van der Waals surface area contributed by atoms with Crippen molar-refractivity contribution in [3.05, 3.63) is 66.9 Å². The summed E-state index contributed by atoms with van der Waals surface area (Å²) >= 11 is 0. The minimum atomic E-state index is -0.589. The molecule has 4 rings (SSSR count). The number of hydrogen-bond donors (Lipinski definition) is 4. The third kappa shape index (κ3) is 5.52. The van der Waals surface area contributed by atoms with Crippen molar-refractivity contribution in [1.82, 2.24) is 25.2 Å². The van der Waals surface area contributed by atoms with Gasteiger partial charge in [0.2, 0.25) is 5.95 Å². The molecule has 11 heteroatoms. The number of nitrogens with zero attached hydrogens (tertiary/aromatic N) is 4. The first kappa shape index (κ1) is 22.0. The first-order chi connectivity index (χ1) is 16.0. The Morgan fingerprint density at radius 3 is 2.76 bits per heavy atom. The Bertz CT molecular complexity index is 1170. The molecule has 3 aromatic rings. The summed E-state index contributed by atoms with van der Waals surface area (Å²) in [6.07, 6.45) is 3.02. The van der Waals surface area contributed by atoms with Gasteiger partial charge in [0, 0.05) is 56.3 Å². The molecule has 0 unspecified atom stereocenters. The highest BCUT2D eigenvalue weighted by Gasteiger charge is 2.20. The number of anilines is 4. The van der Waals surface area contributed by atoms with Gasteiger partial charge in [-0.05, 0) is 24.4 Å². The quantitative estimate of drug-likeness (QED) is 0.429. The van der Waals surface area contributed by atoms with Crippen LogP contribution in [0.4, 0.5) is 27.7 Å². The van der Waals surface area contributed by atoms with Crippen LogP contribution in [0.3, 0.4) is 0 Å². The summed E-state index contributed by atoms with van der Waals surface area (Å²) in [6, 6.07) is 9.09. The van der Waals surface area contributed by atoms with Crippen molar-refractivity contribution in [2.75, 3.05) is 42.5 Å². The van der Waals surface area contributed by atoms with Crippen LogP contribution in [-0.2, 0) is 0 Å². The number of hydrogen-bond acceptors (Lipinski definition) is 9. The van der Waals surface area contributed by atoms with Gasteiger partial charge in [0.15, 0.2) is 11.6 Å². The second-order valence-electron chi connectivity index (χ2n) is 7.14. The molecule has 170 valence electrons. The van der Waals surface area contributed by atoms with E-state index in [1.165, 1.54) is 30.6 Å². The summed E-state index contributed by atoms with van der Waals surface area (Å²) in [7, 11) is 0. The maximum atomic E-state index is 14.7. The Kier molecular flexibility index (Phi) is 6.60. The number of benzene rings is 1. The summed E-state index contributed by atoms with van der Waals surface area (Å²) in [4.78, 5) is 26.7. The number of carbonyl (C=O) groups excluding carboxylic acids is 1. The first-order valence-corrected chi connectivity index (χ1v) is 10.2. The maximum absolute atomic E-state index is 14.7. The monoisotopic (exact) mass is 450 g/mol. The summed E-state index contributed by atoms with van der Waals surface area (Å²) in [6.45, 7) is 6.18. The van der Waals surface area contributed by atoms with E-state index in [4.69, 9.17) is 10.5 Å². The number of carbonyl (C=O) groups is 1. The number of nitrogen functional groups attached to an aromatic ring is 1. The largest absolute Gasteiger partial charge is 0.454 e. The molecule has 0 bridgehead atoms. The van der Waals surface area contributed by atoms with Gasteiger partial charge in [-0.3, -0.25) is 4.79 Å². The lowest BCUT2D eigenvalue weighted by Gasteiger charge is -2.27. The smallest absolute Gasteiger partial charge is 0.272 e. The highest BCUT2D eigenvalue weighted by Crippen LogP contribution is 2.28. The van der Waals surface area contributed by atoms with E-state index in [9.17, 15) is 9.18 Å². The SMILES string of the molecule is C=CNc1cc(Oc2ccc(Nc3cc(C(=O)N4CCNCC4)nc(N)n3)cc2F)ccn1. The van der Waals surface area contributed by atoms with Crippen LogP contribution in [0.1, 0.15) is 10.5 Å². The predicted molar refractivity (Wildman–Crippen MR) is 123 cm³/mol. The topological polar surface area (TPSA) is 130 Å². The third-order valence-electron chi connectivity index (χ3n) is 4.78. The molecular weight excluding hydrogens is 427 g/mol. The van der Waals surface area contributed by atoms with Crippen molar-refractivity contribution in [2.45, 2.75) is 0 Å². The third-order valence-corrected chi connectivity index (χ3v) is 4.78. The molecule has 0 atom stereocenters. The molecule has 0 saturated carbocycles. The number of ether oxygens (including phenoxy) is 1. The minimum Gasteiger partial charge on any atom is -0.454 e. The van der Waals surface area contributed by atoms with Gasteiger partial charge in [-0.2, -0.15) is 4.98 Å². The lowest BCUT2D eigenvalue weighted by atomic mass is 10.2. The Morgan fingerprint density at radius 1 is 1.18 bits per heavy atom. The average Bonchev–Trinajstić information content (AvgIpc) is 2.81. The number of rotatable bonds is 7. The molecule has 1 amide bonds. The highest BCUT2D eigenvalue weighted by atomic mass is 19.1. The Hall–Kier alpha value is -4.25. The summed E-state index contributed by atoms with van der Waals surface area (Å²) < 4.78 is 20.3. The van der Waals surface area contributed by atoms with Gasteiger partial charge < -0.3 is 31.3 Å². The minimum absolute atomic E-state index is 0.0353. The van der Waals surface area contributed by atoms with E-state index in [1.54, 1.807) is 23.1 Å². The van der Waals surface area contributed by atoms with Crippen molar-refractivity contribution >= 4 is 29.2 Å². The predicted octanol–water partition coefficient (Wildman–Crippen LogP) is 2.73. The first-order valence-electron chi connectivity index (χ1n) is 10.2. The van der Waals surface area contributed by atoms with Crippen LogP contribution >= 0.6 is 0 Å². The average molecular weight is 450 g/mol. The van der Waals surface area contributed by atoms with Crippen LogP contribution in [0.15, 0.2) is 55.4 Å². The van der Waals surface area contributed by atoms with Crippen molar-refractivity contribution in [3.63, 3.8) is 0 Å². The molecule has 5 N–H and O–H groups in total. The lowest BCUT2D eigenvalue weighted by molar-refractivity contribution is 0.0730. The number of amides is 1. The van der Waals surface area contributed by atoms with E-state index in [0.717, 1.165) is 13.1 Å². The molecule has 1 aliphatic rings. The lowest BCUT2D eigenvalue weighted by Crippen LogP contribution is -2.46. The Balaban J connectivity index is 1.48. The van der Waals surface area contributed by atoms with Crippen LogP contribution in [0, 0.1) is 5.82 Å². The van der Waals surface area contributed by atoms with Gasteiger partial charge in [-0.25, -0.2) is 14.4 Å². The zero-order valence-corrected chi connectivity index (χ0v) is 17.7. The van der Waals surface area contributed by atoms with Crippen LogP contribution in [0.5, 0.6) is 11.5 Å². The zero-order valence-electron chi connectivity index (χ0n) is 17.7. The van der Waals surface area contributed by atoms with Gasteiger partial charge in [0.25, 0.3) is 5.91 Å². The Morgan fingerprint density at radius 2 is 2.00 bits per heavy atom. The van der Waals surface area contributed by atoms with Crippen LogP contribution in [-0.4, -0.2) is 51.9 Å². The summed E-state index contributed by atoms with van der Waals surface area (Å²) in [5, 5.41) is 8.99. The molecule has 1 aliphatic heterocycles. The van der Waals surface area contributed by atoms with Crippen LogP contribution in [0.2, 0.25) is 0 Å². The normalized spacial score (nSPS) is 13.3. The second kappa shape index (κ2) is 9.92. The van der Waals surface area contributed by atoms with E-state index in [2.05, 4.69) is 37.5 Å². The van der Waals surface area contributed by atoms with Crippen LogP contribution in [0.25, 0.3) is 0 Å². The van der Waals surface area contributed by atoms with Gasteiger partial charge in [-0.1, -0.05) is 6.58 Å². The van der Waals surface area contributed by atoms with E-state index in [0.29, 0.717) is 30.3 Å². The summed E-state index contributed by atoms with van der Waals surface area (Å²) in [5.41, 5.74) is 6.38. The number of piperazine rings is 1. The van der Waals surface area contributed by atoms with Crippen molar-refractivity contribution < 1.29 is 13.9 Å². The van der Waals surface area contributed by atoms with E-state index in [1.807, 2.05) is 0 Å². The fraction of sp³-hybridized carbons (Fsp3) is 0.182. The van der Waals surface area contributed by atoms with Gasteiger partial charge in [0.1, 0.15) is 23.1 Å². The number of nitrogens with two attached hydrogens (primary N) is 1. The fourth-order valence-corrected chi connectivity index (χ4v) is 3.26. The molecule has 1 fully saturated rings. The standard InChI is InChI=1S/C22H23FN8O2/c1-2-26-19-12-15(5-6-27-19)33-18-4-3-14(11-16(18)23)28-20-13-17(29-22(24)30-20)21(32)31-9-7-25-8-10-31/h2-6,11-13,25H,1,7-10H2,(H,26,27)(H3,24,28,29,30). The second-order valence-corrected chi connectivity index (χ2v) is 7.14. The number of pyridine rings is 1. The van der Waals surface area contributed by atoms with Gasteiger partial charge in [0.05, 0.1) is 0 Å². The highest BCUT2D eigenvalue weighted by molar-refractivity contribution is 5.93. The van der Waals surface area contributed by atoms with Crippen molar-refractivity contribution in [1.29, 1.82) is 0 Å². The number of halogens is 1. The fourth-order valence-electron chi connectivity index (χ4n) is 3.26. The number of nitrogens with one attached hydrogen (secondary N) is 3. The molecule has 33 heavy (non-hydrogen) atoms. The molecule has 0 spiro atoms. The van der Waals surface area contributed by atoms with E-state index in [-0.39, 0.29) is 29.1 Å². The molecule has 10 nitrogen and oxygen atoms in total. The Labute approximate surface area is 189 Å². The molecule has 1 aromatic carbocycles. The molecule has 2 aromatic heterocycles. The van der Waals surface area contributed by atoms with Crippen molar-refractivity contribution in [2.24, 2.45) is 0 Å². The van der Waals surface area contributed by atoms with E-state index >= 15 is 0 Å². The summed E-state index contributed by atoms with van der Waals surface area (Å²) in [5.74, 6) is 0.375. The van der Waals surface area contributed by atoms with Gasteiger partial charge >= 0.3 is 0 Å². The molecule has 0 radical (unpaired) electrons.